The second-order valence-corrected chi connectivity index (χ2v) is 10.5. The Balaban J connectivity index is 2.57. The fraction of sp³-hybridized carbons (Fsp3) is 0.300. The molecule has 2 aromatic rings. The van der Waals surface area contributed by atoms with Crippen molar-refractivity contribution in [2.45, 2.75) is 19.4 Å². The summed E-state index contributed by atoms with van der Waals surface area (Å²) in [5.41, 5.74) is 1.50. The van der Waals surface area contributed by atoms with Crippen LogP contribution in [0.3, 0.4) is 0 Å². The van der Waals surface area contributed by atoms with Crippen LogP contribution in [0.4, 0.5) is 5.69 Å². The number of anilines is 1. The van der Waals surface area contributed by atoms with E-state index in [1.165, 1.54) is 12.1 Å². The van der Waals surface area contributed by atoms with Gasteiger partial charge in [0.15, 0.2) is 0 Å². The minimum Gasteiger partial charge on any atom is -0.324 e. The molecule has 0 saturated carbocycles. The number of hydrogen-bond acceptors (Lipinski definition) is 9. The van der Waals surface area contributed by atoms with Gasteiger partial charge in [0.1, 0.15) is 0 Å². The summed E-state index contributed by atoms with van der Waals surface area (Å²) in [6, 6.07) is 11.8. The summed E-state index contributed by atoms with van der Waals surface area (Å²) < 4.78 is 57.4. The summed E-state index contributed by atoms with van der Waals surface area (Å²) in [5.74, 6) is -4.18. The molecule has 11 nitrogen and oxygen atoms in total. The van der Waals surface area contributed by atoms with Crippen LogP contribution in [0.1, 0.15) is 23.6 Å². The SMILES string of the molecule is Cc1ccc(N(C(CCN(C)C)c2ccc(Cl)cc2)S(=O)(=O)OC(=O)C(=O)OS(N)(=O)=O)cc1. The smallest absolute Gasteiger partial charge is 0.324 e. The molecule has 0 aliphatic heterocycles. The minimum absolute atomic E-state index is 0.136. The van der Waals surface area contributed by atoms with Gasteiger partial charge in [0, 0.05) is 5.02 Å². The maximum Gasteiger partial charge on any atom is 0.435 e. The molecule has 34 heavy (non-hydrogen) atoms. The van der Waals surface area contributed by atoms with Gasteiger partial charge >= 0.3 is 32.5 Å². The van der Waals surface area contributed by atoms with Gasteiger partial charge in [-0.05, 0) is 63.8 Å². The van der Waals surface area contributed by atoms with E-state index in [1.54, 1.807) is 57.4 Å². The van der Waals surface area contributed by atoms with E-state index in [1.807, 2.05) is 4.90 Å². The Morgan fingerprint density at radius 2 is 1.47 bits per heavy atom. The molecule has 0 aliphatic rings. The van der Waals surface area contributed by atoms with Crippen molar-refractivity contribution in [3.05, 3.63) is 64.7 Å². The monoisotopic (exact) mass is 533 g/mol. The molecule has 2 rings (SSSR count). The molecule has 186 valence electrons. The molecule has 1 atom stereocenters. The zero-order valence-electron chi connectivity index (χ0n) is 18.5. The Kier molecular flexibility index (Phi) is 9.02. The predicted molar refractivity (Wildman–Crippen MR) is 125 cm³/mol. The highest BCUT2D eigenvalue weighted by atomic mass is 35.5. The topological polar surface area (TPSA) is 153 Å². The molecule has 0 fully saturated rings. The Hall–Kier alpha value is -2.71. The molecule has 0 heterocycles. The van der Waals surface area contributed by atoms with Crippen molar-refractivity contribution in [3.8, 4) is 0 Å². The largest absolute Gasteiger partial charge is 0.435 e. The number of nitrogens with two attached hydrogens (primary N) is 1. The van der Waals surface area contributed by atoms with Gasteiger partial charge < -0.3 is 13.3 Å². The van der Waals surface area contributed by atoms with E-state index in [0.717, 1.165) is 9.87 Å². The third-order valence-corrected chi connectivity index (χ3v) is 6.40. The average molecular weight is 534 g/mol. The van der Waals surface area contributed by atoms with E-state index in [2.05, 4.69) is 13.5 Å². The van der Waals surface area contributed by atoms with E-state index < -0.39 is 38.6 Å². The zero-order chi connectivity index (χ0) is 25.7. The number of benzene rings is 2. The number of hydrogen-bond donors (Lipinski definition) is 1. The summed E-state index contributed by atoms with van der Waals surface area (Å²) in [5, 5.41) is 4.98. The van der Waals surface area contributed by atoms with Gasteiger partial charge in [-0.25, -0.2) is 13.9 Å². The lowest BCUT2D eigenvalue weighted by molar-refractivity contribution is -0.155. The first-order chi connectivity index (χ1) is 15.7. The summed E-state index contributed by atoms with van der Waals surface area (Å²) in [4.78, 5) is 25.6. The van der Waals surface area contributed by atoms with Gasteiger partial charge in [0.05, 0.1) is 11.7 Å². The Bertz CT molecular complexity index is 1230. The Labute approximate surface area is 203 Å². The zero-order valence-corrected chi connectivity index (χ0v) is 20.9. The van der Waals surface area contributed by atoms with Crippen LogP contribution in [0.25, 0.3) is 0 Å². The normalized spacial score (nSPS) is 12.8. The standard InChI is InChI=1S/C20H24ClN3O8S2/c1-14-4-10-17(11-5-14)24(34(29,30)32-20(26)19(25)31-33(22,27)28)18(12-13-23(2)3)15-6-8-16(21)9-7-15/h4-11,18H,12-13H2,1-3H3,(H2,22,27,28). The number of carbonyl (C=O) groups is 2. The van der Waals surface area contributed by atoms with Crippen LogP contribution >= 0.6 is 11.6 Å². The van der Waals surface area contributed by atoms with E-state index >= 15 is 0 Å². The Morgan fingerprint density at radius 1 is 0.941 bits per heavy atom. The van der Waals surface area contributed by atoms with Crippen LogP contribution in [-0.4, -0.2) is 54.3 Å². The van der Waals surface area contributed by atoms with Gasteiger partial charge in [-0.15, -0.1) is 0 Å². The number of nitrogens with zero attached hydrogens (tertiary/aromatic N) is 2. The van der Waals surface area contributed by atoms with Crippen molar-refractivity contribution < 1.29 is 34.8 Å². The lowest BCUT2D eigenvalue weighted by Crippen LogP contribution is -2.40. The predicted octanol–water partition coefficient (Wildman–Crippen LogP) is 1.68. The summed E-state index contributed by atoms with van der Waals surface area (Å²) in [6.07, 6.45) is 0.251. The molecule has 2 aromatic carbocycles. The average Bonchev–Trinajstić information content (AvgIpc) is 2.71. The molecule has 0 aliphatic carbocycles. The molecule has 0 radical (unpaired) electrons. The van der Waals surface area contributed by atoms with Crippen LogP contribution in [0.2, 0.25) is 5.02 Å². The highest BCUT2D eigenvalue weighted by molar-refractivity contribution is 7.88. The maximum absolute atomic E-state index is 13.3. The number of halogens is 1. The molecule has 1 unspecified atom stereocenters. The van der Waals surface area contributed by atoms with E-state index in [0.29, 0.717) is 17.1 Å². The maximum atomic E-state index is 13.3. The second-order valence-electron chi connectivity index (χ2n) is 7.48. The lowest BCUT2D eigenvalue weighted by Gasteiger charge is -2.32. The first-order valence-corrected chi connectivity index (χ1v) is 12.9. The summed E-state index contributed by atoms with van der Waals surface area (Å²) in [6.45, 7) is 2.24. The highest BCUT2D eigenvalue weighted by Crippen LogP contribution is 2.34. The molecule has 0 aromatic heterocycles. The molecule has 2 N–H and O–H groups in total. The number of aryl methyl sites for hydroxylation is 1. The summed E-state index contributed by atoms with van der Waals surface area (Å²) in [7, 11) is -6.26. The molecular formula is C20H24ClN3O8S2. The van der Waals surface area contributed by atoms with Crippen molar-refractivity contribution in [3.63, 3.8) is 0 Å². The van der Waals surface area contributed by atoms with Crippen LogP contribution in [-0.2, 0) is 38.6 Å². The fourth-order valence-electron chi connectivity index (χ4n) is 2.95. The van der Waals surface area contributed by atoms with Gasteiger partial charge in [0.25, 0.3) is 0 Å². The lowest BCUT2D eigenvalue weighted by atomic mass is 10.0. The first kappa shape index (κ1) is 27.5. The first-order valence-electron chi connectivity index (χ1n) is 9.71. The van der Waals surface area contributed by atoms with Crippen LogP contribution in [0.5, 0.6) is 0 Å². The van der Waals surface area contributed by atoms with E-state index in [9.17, 15) is 26.4 Å². The second kappa shape index (κ2) is 11.1. The molecule has 0 spiro atoms. The highest BCUT2D eigenvalue weighted by Gasteiger charge is 2.37. The van der Waals surface area contributed by atoms with Gasteiger partial charge in [-0.1, -0.05) is 41.4 Å². The van der Waals surface area contributed by atoms with Crippen LogP contribution in [0.15, 0.2) is 48.5 Å². The Morgan fingerprint density at radius 3 is 1.97 bits per heavy atom. The quantitative estimate of drug-likeness (QED) is 0.474. The van der Waals surface area contributed by atoms with Crippen molar-refractivity contribution in [2.24, 2.45) is 5.14 Å². The number of rotatable bonds is 9. The van der Waals surface area contributed by atoms with Gasteiger partial charge in [0.2, 0.25) is 0 Å². The summed E-state index contributed by atoms with van der Waals surface area (Å²) >= 11 is 5.98. The van der Waals surface area contributed by atoms with Crippen LogP contribution in [0, 0.1) is 6.92 Å². The van der Waals surface area contributed by atoms with Crippen molar-refractivity contribution in [1.29, 1.82) is 0 Å². The van der Waals surface area contributed by atoms with Gasteiger partial charge in [-0.2, -0.15) is 22.0 Å². The molecule has 0 bridgehead atoms. The van der Waals surface area contributed by atoms with Crippen LogP contribution < -0.4 is 9.44 Å². The molecule has 14 heteroatoms. The van der Waals surface area contributed by atoms with E-state index in [-0.39, 0.29) is 12.1 Å². The molecular weight excluding hydrogens is 510 g/mol. The van der Waals surface area contributed by atoms with E-state index in [4.69, 9.17) is 11.6 Å². The molecule has 0 amide bonds. The minimum atomic E-state index is -5.00. The van der Waals surface area contributed by atoms with Crippen molar-refractivity contribution in [1.82, 2.24) is 4.90 Å². The molecule has 0 saturated heterocycles. The van der Waals surface area contributed by atoms with Gasteiger partial charge in [-0.3, -0.25) is 0 Å². The van der Waals surface area contributed by atoms with Crippen molar-refractivity contribution in [2.75, 3.05) is 24.9 Å². The third-order valence-electron chi connectivity index (χ3n) is 4.46. The number of carbonyl (C=O) groups excluding carboxylic acids is 2. The van der Waals surface area contributed by atoms with Crippen molar-refractivity contribution >= 4 is 49.8 Å². The third kappa shape index (κ3) is 7.95. The fourth-order valence-corrected chi connectivity index (χ4v) is 4.61.